The van der Waals surface area contributed by atoms with Gasteiger partial charge in [-0.1, -0.05) is 127 Å². The summed E-state index contributed by atoms with van der Waals surface area (Å²) in [6.07, 6.45) is 11.0. The molecule has 0 atom stereocenters. The number of hydrogen-bond acceptors (Lipinski definition) is 2. The minimum atomic E-state index is 1.05. The van der Waals surface area contributed by atoms with Gasteiger partial charge in [0.15, 0.2) is 0 Å². The van der Waals surface area contributed by atoms with Gasteiger partial charge in [-0.3, -0.25) is 4.98 Å². The van der Waals surface area contributed by atoms with E-state index in [1.165, 1.54) is 74.8 Å². The Morgan fingerprint density at radius 3 is 1.90 bits per heavy atom. The Morgan fingerprint density at radius 2 is 1.10 bits per heavy atom. The Hall–Kier alpha value is -4.66. The lowest BCUT2D eigenvalue weighted by atomic mass is 9.90. The van der Waals surface area contributed by atoms with Crippen molar-refractivity contribution in [2.24, 2.45) is 0 Å². The molecule has 1 aliphatic rings. The van der Waals surface area contributed by atoms with Crippen LogP contribution in [0.3, 0.4) is 0 Å². The van der Waals surface area contributed by atoms with E-state index in [0.29, 0.717) is 0 Å². The molecule has 0 spiro atoms. The topological polar surface area (TPSA) is 12.9 Å². The minimum absolute atomic E-state index is 1.05. The number of fused-ring (bicyclic) bond motifs is 4. The molecule has 0 bridgehead atoms. The monoisotopic (exact) mass is 541 g/mol. The Morgan fingerprint density at radius 1 is 0.488 bits per heavy atom. The first-order valence-electron chi connectivity index (χ1n) is 14.2. The van der Waals surface area contributed by atoms with Gasteiger partial charge in [-0.05, 0) is 84.6 Å². The molecule has 1 heterocycles. The maximum absolute atomic E-state index is 4.64. The molecule has 6 aromatic carbocycles. The molecule has 0 aliphatic heterocycles. The van der Waals surface area contributed by atoms with Gasteiger partial charge in [0.1, 0.15) is 0 Å². The lowest BCUT2D eigenvalue weighted by Crippen LogP contribution is -2.31. The molecule has 41 heavy (non-hydrogen) atoms. The van der Waals surface area contributed by atoms with Gasteiger partial charge in [0, 0.05) is 27.6 Å². The first kappa shape index (κ1) is 24.2. The van der Waals surface area contributed by atoms with Gasteiger partial charge in [-0.15, -0.1) is 0 Å². The highest BCUT2D eigenvalue weighted by Crippen LogP contribution is 2.41. The average molecular weight is 542 g/mol. The molecule has 1 aliphatic carbocycles. The van der Waals surface area contributed by atoms with E-state index in [9.17, 15) is 0 Å². The number of benzene rings is 6. The normalized spacial score (nSPS) is 12.7. The van der Waals surface area contributed by atoms with Gasteiger partial charge >= 0.3 is 0 Å². The van der Waals surface area contributed by atoms with Gasteiger partial charge < -0.3 is 0 Å². The summed E-state index contributed by atoms with van der Waals surface area (Å²) >= 11 is 1.89. The highest BCUT2D eigenvalue weighted by atomic mass is 32.2. The Kier molecular flexibility index (Phi) is 5.93. The van der Waals surface area contributed by atoms with Crippen LogP contribution in [-0.4, -0.2) is 4.98 Å². The number of hydrogen-bond donors (Lipinski definition) is 0. The molecule has 2 heteroatoms. The van der Waals surface area contributed by atoms with Gasteiger partial charge in [-0.25, -0.2) is 0 Å². The fourth-order valence-corrected chi connectivity index (χ4v) is 7.65. The Balaban J connectivity index is 1.40. The molecule has 1 nitrogen and oxygen atoms in total. The van der Waals surface area contributed by atoms with Gasteiger partial charge in [0.25, 0.3) is 0 Å². The molecule has 0 radical (unpaired) electrons. The first-order valence-corrected chi connectivity index (χ1v) is 15.0. The molecular weight excluding hydrogens is 515 g/mol. The molecule has 0 saturated heterocycles. The SMILES string of the molecule is C1=c2c(Sc3ccccc3-c3cccc4ccccc34)c3ccncc3c(-c3cccc4ccccc34)c2=CCC1. The zero-order valence-corrected chi connectivity index (χ0v) is 23.4. The maximum atomic E-state index is 4.64. The van der Waals surface area contributed by atoms with Crippen LogP contribution in [0, 0.1) is 0 Å². The zero-order chi connectivity index (χ0) is 27.2. The lowest BCUT2D eigenvalue weighted by molar-refractivity contribution is 1.11. The Labute approximate surface area is 243 Å². The van der Waals surface area contributed by atoms with Crippen molar-refractivity contribution in [1.29, 1.82) is 0 Å². The molecular formula is C39H27NS. The van der Waals surface area contributed by atoms with Crippen LogP contribution in [0.15, 0.2) is 137 Å². The lowest BCUT2D eigenvalue weighted by Gasteiger charge is -2.19. The first-order chi connectivity index (χ1) is 20.4. The van der Waals surface area contributed by atoms with Crippen molar-refractivity contribution in [3.63, 3.8) is 0 Å². The van der Waals surface area contributed by atoms with Crippen molar-refractivity contribution in [1.82, 2.24) is 4.98 Å². The minimum Gasteiger partial charge on any atom is -0.264 e. The van der Waals surface area contributed by atoms with Crippen LogP contribution in [-0.2, 0) is 0 Å². The molecule has 0 saturated carbocycles. The second-order valence-corrected chi connectivity index (χ2v) is 11.6. The van der Waals surface area contributed by atoms with E-state index < -0.39 is 0 Å². The molecule has 194 valence electrons. The summed E-state index contributed by atoms with van der Waals surface area (Å²) in [6.45, 7) is 0. The van der Waals surface area contributed by atoms with Crippen LogP contribution in [0.1, 0.15) is 12.8 Å². The molecule has 0 amide bonds. The van der Waals surface area contributed by atoms with Crippen LogP contribution in [0.4, 0.5) is 0 Å². The van der Waals surface area contributed by atoms with E-state index in [2.05, 4.69) is 139 Å². The maximum Gasteiger partial charge on any atom is 0.0353 e. The third kappa shape index (κ3) is 4.06. The van der Waals surface area contributed by atoms with Crippen molar-refractivity contribution < 1.29 is 0 Å². The predicted molar refractivity (Wildman–Crippen MR) is 176 cm³/mol. The van der Waals surface area contributed by atoms with Crippen molar-refractivity contribution >= 4 is 56.2 Å². The summed E-state index contributed by atoms with van der Waals surface area (Å²) < 4.78 is 0. The fraction of sp³-hybridized carbons (Fsp3) is 0.0513. The predicted octanol–water partition coefficient (Wildman–Crippen LogP) is 9.38. The average Bonchev–Trinajstić information content (AvgIpc) is 3.04. The summed E-state index contributed by atoms with van der Waals surface area (Å²) in [7, 11) is 0. The van der Waals surface area contributed by atoms with E-state index >= 15 is 0 Å². The van der Waals surface area contributed by atoms with Crippen LogP contribution >= 0.6 is 11.8 Å². The molecule has 0 unspecified atom stereocenters. The van der Waals surface area contributed by atoms with E-state index in [1.807, 2.05) is 18.0 Å². The fourth-order valence-electron chi connectivity index (χ4n) is 6.40. The van der Waals surface area contributed by atoms with Crippen LogP contribution in [0.5, 0.6) is 0 Å². The van der Waals surface area contributed by atoms with E-state index in [-0.39, 0.29) is 0 Å². The van der Waals surface area contributed by atoms with Gasteiger partial charge in [0.05, 0.1) is 0 Å². The zero-order valence-electron chi connectivity index (χ0n) is 22.5. The van der Waals surface area contributed by atoms with E-state index in [4.69, 9.17) is 0 Å². The van der Waals surface area contributed by atoms with Crippen LogP contribution in [0.25, 0.3) is 66.7 Å². The number of nitrogens with zero attached hydrogens (tertiary/aromatic N) is 1. The second-order valence-electron chi connectivity index (χ2n) is 10.6. The smallest absolute Gasteiger partial charge is 0.0353 e. The molecule has 8 rings (SSSR count). The van der Waals surface area contributed by atoms with E-state index in [1.54, 1.807) is 0 Å². The molecule has 1 aromatic heterocycles. The van der Waals surface area contributed by atoms with Crippen molar-refractivity contribution in [3.8, 4) is 22.3 Å². The third-order valence-corrected chi connectivity index (χ3v) is 9.46. The molecule has 0 fully saturated rings. The summed E-state index contributed by atoms with van der Waals surface area (Å²) in [5.41, 5.74) is 5.11. The number of pyridine rings is 1. The largest absolute Gasteiger partial charge is 0.264 e. The summed E-state index contributed by atoms with van der Waals surface area (Å²) in [4.78, 5) is 7.22. The van der Waals surface area contributed by atoms with Crippen molar-refractivity contribution in [2.45, 2.75) is 22.6 Å². The standard InChI is InChI=1S/C39H27NS/c1-3-15-28-26(11-1)13-9-20-30(28)31-17-7-8-22-37(31)41-39-34-19-6-5-18-33(34)38(36-25-40-24-23-35(36)39)32-21-10-14-27-12-2-4-16-29(27)32/h1-4,7-25H,5-6H2. The third-order valence-electron chi connectivity index (χ3n) is 8.24. The Bertz CT molecular complexity index is 2240. The second kappa shape index (κ2) is 10.1. The van der Waals surface area contributed by atoms with Crippen LogP contribution < -0.4 is 10.4 Å². The summed E-state index contributed by atoms with van der Waals surface area (Å²) in [5.74, 6) is 0. The molecule has 7 aromatic rings. The van der Waals surface area contributed by atoms with Crippen molar-refractivity contribution in [2.75, 3.05) is 0 Å². The summed E-state index contributed by atoms with van der Waals surface area (Å²) in [6, 6.07) is 41.7. The highest BCUT2D eigenvalue weighted by Gasteiger charge is 2.18. The van der Waals surface area contributed by atoms with E-state index in [0.717, 1.165) is 12.8 Å². The number of aromatic nitrogens is 1. The quantitative estimate of drug-likeness (QED) is 0.220. The van der Waals surface area contributed by atoms with Gasteiger partial charge in [-0.2, -0.15) is 0 Å². The highest BCUT2D eigenvalue weighted by molar-refractivity contribution is 7.99. The van der Waals surface area contributed by atoms with Crippen LogP contribution in [0.2, 0.25) is 0 Å². The number of rotatable bonds is 4. The summed E-state index contributed by atoms with van der Waals surface area (Å²) in [5, 5.41) is 10.2. The van der Waals surface area contributed by atoms with Crippen molar-refractivity contribution in [3.05, 3.63) is 138 Å². The van der Waals surface area contributed by atoms with Gasteiger partial charge in [0.2, 0.25) is 0 Å². The molecule has 0 N–H and O–H groups in total.